The molecule has 1 rings (SSSR count). The summed E-state index contributed by atoms with van der Waals surface area (Å²) >= 11 is 0. The van der Waals surface area contributed by atoms with Crippen molar-refractivity contribution in [2.24, 2.45) is 0 Å². The fourth-order valence-electron chi connectivity index (χ4n) is 1.66. The molecule has 4 nitrogen and oxygen atoms in total. The summed E-state index contributed by atoms with van der Waals surface area (Å²) in [4.78, 5) is 11.5. The lowest BCUT2D eigenvalue weighted by molar-refractivity contribution is 0.0591. The second-order valence-corrected chi connectivity index (χ2v) is 5.02. The molecule has 0 bridgehead atoms. The summed E-state index contributed by atoms with van der Waals surface area (Å²) in [5.41, 5.74) is -0.759. The number of phenols is 1. The molecule has 1 aromatic rings. The van der Waals surface area contributed by atoms with Gasteiger partial charge < -0.3 is 14.9 Å². The Kier molecular flexibility index (Phi) is 3.96. The van der Waals surface area contributed by atoms with Gasteiger partial charge >= 0.3 is 5.97 Å². The Morgan fingerprint density at radius 1 is 1.44 bits per heavy atom. The van der Waals surface area contributed by atoms with Crippen LogP contribution in [0.4, 0.5) is 4.39 Å². The van der Waals surface area contributed by atoms with Gasteiger partial charge in [0.1, 0.15) is 17.1 Å². The second kappa shape index (κ2) is 4.94. The SMILES string of the molecule is COC(=O)c1c(O)c(CO)cc(C(C)(C)C)c1F. The number of aliphatic hydroxyl groups excluding tert-OH is 1. The van der Waals surface area contributed by atoms with Crippen molar-refractivity contribution in [3.05, 3.63) is 28.6 Å². The van der Waals surface area contributed by atoms with Crippen molar-refractivity contribution in [2.45, 2.75) is 32.8 Å². The molecule has 0 aliphatic carbocycles. The number of benzene rings is 1. The monoisotopic (exact) mass is 256 g/mol. The first-order valence-corrected chi connectivity index (χ1v) is 5.48. The molecule has 0 fully saturated rings. The molecule has 0 aromatic heterocycles. The van der Waals surface area contributed by atoms with Crippen LogP contribution in [0.15, 0.2) is 6.07 Å². The molecule has 0 spiro atoms. The van der Waals surface area contributed by atoms with Crippen LogP contribution < -0.4 is 0 Å². The average Bonchev–Trinajstić information content (AvgIpc) is 2.27. The van der Waals surface area contributed by atoms with E-state index in [1.165, 1.54) is 6.07 Å². The van der Waals surface area contributed by atoms with E-state index in [4.69, 9.17) is 5.11 Å². The van der Waals surface area contributed by atoms with Gasteiger partial charge in [0, 0.05) is 5.56 Å². The number of carbonyl (C=O) groups is 1. The molecule has 100 valence electrons. The zero-order chi connectivity index (χ0) is 14.1. The molecule has 5 heteroatoms. The van der Waals surface area contributed by atoms with Gasteiger partial charge in [0.15, 0.2) is 0 Å². The van der Waals surface area contributed by atoms with Crippen molar-refractivity contribution >= 4 is 5.97 Å². The number of rotatable bonds is 2. The lowest BCUT2D eigenvalue weighted by Crippen LogP contribution is -2.18. The zero-order valence-corrected chi connectivity index (χ0v) is 10.9. The van der Waals surface area contributed by atoms with Crippen molar-refractivity contribution in [3.8, 4) is 5.75 Å². The Morgan fingerprint density at radius 3 is 2.39 bits per heavy atom. The summed E-state index contributed by atoms with van der Waals surface area (Å²) in [6.07, 6.45) is 0. The normalized spacial score (nSPS) is 11.4. The Labute approximate surface area is 105 Å². The molecule has 18 heavy (non-hydrogen) atoms. The first kappa shape index (κ1) is 14.4. The van der Waals surface area contributed by atoms with Crippen molar-refractivity contribution in [2.75, 3.05) is 7.11 Å². The third-order valence-electron chi connectivity index (χ3n) is 2.68. The standard InChI is InChI=1S/C13H17FO4/c1-13(2,3)8-5-7(6-15)11(16)9(10(8)14)12(17)18-4/h5,15-16H,6H2,1-4H3. The predicted molar refractivity (Wildman–Crippen MR) is 64.0 cm³/mol. The summed E-state index contributed by atoms with van der Waals surface area (Å²) in [5, 5.41) is 18.9. The van der Waals surface area contributed by atoms with Crippen LogP contribution in [0.3, 0.4) is 0 Å². The summed E-state index contributed by atoms with van der Waals surface area (Å²) < 4.78 is 18.7. The molecule has 0 aliphatic heterocycles. The lowest BCUT2D eigenvalue weighted by Gasteiger charge is -2.22. The van der Waals surface area contributed by atoms with E-state index >= 15 is 0 Å². The Balaban J connectivity index is 3.64. The van der Waals surface area contributed by atoms with Crippen LogP contribution in [0.1, 0.15) is 42.3 Å². The Hall–Kier alpha value is -1.62. The van der Waals surface area contributed by atoms with Gasteiger partial charge in [-0.25, -0.2) is 9.18 Å². The molecule has 0 amide bonds. The second-order valence-electron chi connectivity index (χ2n) is 5.02. The molecule has 2 N–H and O–H groups in total. The third-order valence-corrected chi connectivity index (χ3v) is 2.68. The van der Waals surface area contributed by atoms with Gasteiger partial charge in [-0.15, -0.1) is 0 Å². The van der Waals surface area contributed by atoms with Crippen LogP contribution in [0.5, 0.6) is 5.75 Å². The molecular weight excluding hydrogens is 239 g/mol. The first-order valence-electron chi connectivity index (χ1n) is 5.48. The minimum absolute atomic E-state index is 0.0988. The Morgan fingerprint density at radius 2 is 2.00 bits per heavy atom. The van der Waals surface area contributed by atoms with Gasteiger partial charge in [0.2, 0.25) is 0 Å². The van der Waals surface area contributed by atoms with Crippen molar-refractivity contribution in [1.82, 2.24) is 0 Å². The van der Waals surface area contributed by atoms with Gasteiger partial charge in [-0.05, 0) is 17.0 Å². The van der Waals surface area contributed by atoms with E-state index in [1.54, 1.807) is 20.8 Å². The summed E-state index contributed by atoms with van der Waals surface area (Å²) in [6, 6.07) is 1.36. The number of ether oxygens (including phenoxy) is 1. The number of halogens is 1. The minimum Gasteiger partial charge on any atom is -0.507 e. The minimum atomic E-state index is -0.967. The van der Waals surface area contributed by atoms with Gasteiger partial charge in [-0.2, -0.15) is 0 Å². The van der Waals surface area contributed by atoms with E-state index in [0.717, 1.165) is 7.11 Å². The quantitative estimate of drug-likeness (QED) is 0.795. The van der Waals surface area contributed by atoms with Gasteiger partial charge in [-0.3, -0.25) is 0 Å². The smallest absolute Gasteiger partial charge is 0.344 e. The van der Waals surface area contributed by atoms with Gasteiger partial charge in [0.25, 0.3) is 0 Å². The molecule has 0 atom stereocenters. The molecule has 0 radical (unpaired) electrons. The highest BCUT2D eigenvalue weighted by atomic mass is 19.1. The van der Waals surface area contributed by atoms with Crippen LogP contribution in [-0.2, 0) is 16.8 Å². The molecule has 1 aromatic carbocycles. The topological polar surface area (TPSA) is 66.8 Å². The number of aliphatic hydroxyl groups is 1. The van der Waals surface area contributed by atoms with Crippen LogP contribution >= 0.6 is 0 Å². The summed E-state index contributed by atoms with van der Waals surface area (Å²) in [7, 11) is 1.10. The van der Waals surface area contributed by atoms with E-state index < -0.39 is 35.1 Å². The predicted octanol–water partition coefficient (Wildman–Crippen LogP) is 2.11. The van der Waals surface area contributed by atoms with E-state index in [2.05, 4.69) is 4.74 Å². The fourth-order valence-corrected chi connectivity index (χ4v) is 1.66. The van der Waals surface area contributed by atoms with Crippen LogP contribution in [0, 0.1) is 5.82 Å². The lowest BCUT2D eigenvalue weighted by atomic mass is 9.84. The van der Waals surface area contributed by atoms with Crippen molar-refractivity contribution in [3.63, 3.8) is 0 Å². The van der Waals surface area contributed by atoms with E-state index in [-0.39, 0.29) is 11.1 Å². The number of carbonyl (C=O) groups excluding carboxylic acids is 1. The fraction of sp³-hybridized carbons (Fsp3) is 0.462. The number of esters is 1. The number of aromatic hydroxyl groups is 1. The maximum Gasteiger partial charge on any atom is 0.344 e. The maximum absolute atomic E-state index is 14.2. The van der Waals surface area contributed by atoms with E-state index in [9.17, 15) is 14.3 Å². The summed E-state index contributed by atoms with van der Waals surface area (Å²) in [5.74, 6) is -2.36. The molecule has 0 aliphatic rings. The number of hydrogen-bond donors (Lipinski definition) is 2. The highest BCUT2D eigenvalue weighted by molar-refractivity contribution is 5.93. The van der Waals surface area contributed by atoms with Crippen LogP contribution in [0.2, 0.25) is 0 Å². The first-order chi connectivity index (χ1) is 8.23. The Bertz CT molecular complexity index is 475. The average molecular weight is 256 g/mol. The largest absolute Gasteiger partial charge is 0.507 e. The van der Waals surface area contributed by atoms with E-state index in [1.807, 2.05) is 0 Å². The van der Waals surface area contributed by atoms with E-state index in [0.29, 0.717) is 0 Å². The molecule has 0 unspecified atom stereocenters. The molecule has 0 heterocycles. The molecular formula is C13H17FO4. The van der Waals surface area contributed by atoms with Crippen LogP contribution in [0.25, 0.3) is 0 Å². The van der Waals surface area contributed by atoms with Crippen molar-refractivity contribution in [1.29, 1.82) is 0 Å². The number of methoxy groups -OCH3 is 1. The highest BCUT2D eigenvalue weighted by Gasteiger charge is 2.28. The van der Waals surface area contributed by atoms with Gasteiger partial charge in [0.05, 0.1) is 13.7 Å². The third kappa shape index (κ3) is 2.46. The van der Waals surface area contributed by atoms with Gasteiger partial charge in [-0.1, -0.05) is 20.8 Å². The molecule has 0 saturated heterocycles. The van der Waals surface area contributed by atoms with Crippen molar-refractivity contribution < 1.29 is 24.1 Å². The zero-order valence-electron chi connectivity index (χ0n) is 10.9. The number of hydrogen-bond acceptors (Lipinski definition) is 4. The van der Waals surface area contributed by atoms with Crippen LogP contribution in [-0.4, -0.2) is 23.3 Å². The summed E-state index contributed by atoms with van der Waals surface area (Å²) in [6.45, 7) is 4.82. The molecule has 0 saturated carbocycles. The highest BCUT2D eigenvalue weighted by Crippen LogP contribution is 2.34. The maximum atomic E-state index is 14.2.